The number of amides is 1. The Hall–Kier alpha value is -2.24. The number of hydrogen-bond donors (Lipinski definition) is 2. The van der Waals surface area contributed by atoms with Crippen LogP contribution in [0.15, 0.2) is 18.2 Å². The zero-order chi connectivity index (χ0) is 14.4. The van der Waals surface area contributed by atoms with Crippen molar-refractivity contribution in [3.05, 3.63) is 23.8 Å². The van der Waals surface area contributed by atoms with Crippen molar-refractivity contribution in [3.63, 3.8) is 0 Å². The summed E-state index contributed by atoms with van der Waals surface area (Å²) in [5.41, 5.74) is 12.4. The molecule has 1 rings (SSSR count). The van der Waals surface area contributed by atoms with Gasteiger partial charge in [0.15, 0.2) is 0 Å². The molecule has 1 aromatic carbocycles. The van der Waals surface area contributed by atoms with Gasteiger partial charge in [-0.2, -0.15) is 0 Å². The Kier molecular flexibility index (Phi) is 5.17. The number of nitrogens with zero attached hydrogens (tertiary/aromatic N) is 1. The third-order valence-electron chi connectivity index (χ3n) is 2.65. The molecular formula is C13H19N3O3. The molecule has 6 nitrogen and oxygen atoms in total. The maximum Gasteiger partial charge on any atom is 0.340 e. The molecule has 1 amide bonds. The van der Waals surface area contributed by atoms with Crippen molar-refractivity contribution >= 4 is 23.3 Å². The van der Waals surface area contributed by atoms with E-state index in [4.69, 9.17) is 16.2 Å². The van der Waals surface area contributed by atoms with Gasteiger partial charge in [0.05, 0.1) is 30.1 Å². The molecule has 104 valence electrons. The van der Waals surface area contributed by atoms with E-state index in [2.05, 4.69) is 0 Å². The second kappa shape index (κ2) is 6.63. The minimum Gasteiger partial charge on any atom is -0.462 e. The topological polar surface area (TPSA) is 98.6 Å². The summed E-state index contributed by atoms with van der Waals surface area (Å²) in [6, 6.07) is 5.03. The number of anilines is 2. The summed E-state index contributed by atoms with van der Waals surface area (Å²) in [4.78, 5) is 24.5. The van der Waals surface area contributed by atoms with Crippen LogP contribution in [0.2, 0.25) is 0 Å². The predicted octanol–water partition coefficient (Wildman–Crippen LogP) is 0.757. The Morgan fingerprint density at radius 3 is 2.53 bits per heavy atom. The lowest BCUT2D eigenvalue weighted by molar-refractivity contribution is -0.116. The van der Waals surface area contributed by atoms with Gasteiger partial charge in [0.1, 0.15) is 0 Å². The van der Waals surface area contributed by atoms with Crippen molar-refractivity contribution in [2.75, 3.05) is 30.3 Å². The summed E-state index contributed by atoms with van der Waals surface area (Å²) < 4.78 is 4.93. The van der Waals surface area contributed by atoms with Gasteiger partial charge in [-0.1, -0.05) is 6.07 Å². The van der Waals surface area contributed by atoms with Crippen molar-refractivity contribution < 1.29 is 14.3 Å². The third-order valence-corrected chi connectivity index (χ3v) is 2.65. The summed E-state index contributed by atoms with van der Waals surface area (Å²) in [6.07, 6.45) is 0. The highest BCUT2D eigenvalue weighted by Gasteiger charge is 2.17. The molecule has 0 fully saturated rings. The number of primary amides is 1. The van der Waals surface area contributed by atoms with Crippen molar-refractivity contribution in [2.24, 2.45) is 5.73 Å². The summed E-state index contributed by atoms with van der Waals surface area (Å²) in [6.45, 7) is 4.48. The highest BCUT2D eigenvalue weighted by atomic mass is 16.5. The molecule has 0 aliphatic heterocycles. The van der Waals surface area contributed by atoms with Crippen LogP contribution in [0.1, 0.15) is 24.2 Å². The van der Waals surface area contributed by atoms with Crippen LogP contribution in [0.3, 0.4) is 0 Å². The standard InChI is InChI=1S/C13H19N3O3/c1-3-16(8-11(14)17)10-7-5-6-9(12(10)15)13(18)19-4-2/h5-7H,3-4,8,15H2,1-2H3,(H2,14,17). The number of hydrogen-bond acceptors (Lipinski definition) is 5. The number of benzene rings is 1. The van der Waals surface area contributed by atoms with E-state index in [1.54, 1.807) is 30.0 Å². The van der Waals surface area contributed by atoms with Crippen molar-refractivity contribution in [1.82, 2.24) is 0 Å². The van der Waals surface area contributed by atoms with Crippen LogP contribution < -0.4 is 16.4 Å². The molecule has 0 atom stereocenters. The number of para-hydroxylation sites is 1. The van der Waals surface area contributed by atoms with Crippen LogP contribution in [-0.4, -0.2) is 31.6 Å². The Balaban J connectivity index is 3.11. The first-order valence-electron chi connectivity index (χ1n) is 6.10. The van der Waals surface area contributed by atoms with Gasteiger partial charge in [0.25, 0.3) is 0 Å². The number of likely N-dealkylation sites (N-methyl/N-ethyl adjacent to an activating group) is 1. The van der Waals surface area contributed by atoms with Crippen molar-refractivity contribution in [3.8, 4) is 0 Å². The fourth-order valence-corrected chi connectivity index (χ4v) is 1.77. The molecule has 0 aliphatic rings. The Labute approximate surface area is 112 Å². The number of rotatable bonds is 6. The van der Waals surface area contributed by atoms with Crippen LogP contribution in [0.5, 0.6) is 0 Å². The van der Waals surface area contributed by atoms with Crippen molar-refractivity contribution in [2.45, 2.75) is 13.8 Å². The fourth-order valence-electron chi connectivity index (χ4n) is 1.77. The predicted molar refractivity (Wildman–Crippen MR) is 73.9 cm³/mol. The molecule has 19 heavy (non-hydrogen) atoms. The van der Waals surface area contributed by atoms with E-state index in [1.165, 1.54) is 0 Å². The molecule has 0 saturated heterocycles. The van der Waals surface area contributed by atoms with E-state index in [9.17, 15) is 9.59 Å². The molecule has 0 radical (unpaired) electrons. The van der Waals surface area contributed by atoms with Crippen LogP contribution in [0, 0.1) is 0 Å². The van der Waals surface area contributed by atoms with E-state index in [0.717, 1.165) is 0 Å². The highest BCUT2D eigenvalue weighted by Crippen LogP contribution is 2.27. The largest absolute Gasteiger partial charge is 0.462 e. The molecule has 0 saturated carbocycles. The van der Waals surface area contributed by atoms with Crippen LogP contribution in [-0.2, 0) is 9.53 Å². The highest BCUT2D eigenvalue weighted by molar-refractivity contribution is 5.99. The third kappa shape index (κ3) is 3.61. The lowest BCUT2D eigenvalue weighted by Crippen LogP contribution is -2.34. The summed E-state index contributed by atoms with van der Waals surface area (Å²) in [7, 11) is 0. The van der Waals surface area contributed by atoms with E-state index < -0.39 is 11.9 Å². The van der Waals surface area contributed by atoms with Crippen LogP contribution in [0.25, 0.3) is 0 Å². The molecule has 0 aliphatic carbocycles. The SMILES string of the molecule is CCOC(=O)c1cccc(N(CC)CC(N)=O)c1N. The second-order valence-electron chi connectivity index (χ2n) is 3.94. The Morgan fingerprint density at radius 1 is 1.32 bits per heavy atom. The molecular weight excluding hydrogens is 246 g/mol. The molecule has 1 aromatic rings. The lowest BCUT2D eigenvalue weighted by Gasteiger charge is -2.23. The average molecular weight is 265 g/mol. The quantitative estimate of drug-likeness (QED) is 0.584. The Bertz CT molecular complexity index is 474. The number of carbonyl (C=O) groups is 2. The van der Waals surface area contributed by atoms with Gasteiger partial charge in [0, 0.05) is 6.54 Å². The normalized spacial score (nSPS) is 10.0. The molecule has 6 heteroatoms. The molecule has 0 unspecified atom stereocenters. The molecule has 0 bridgehead atoms. The summed E-state index contributed by atoms with van der Waals surface area (Å²) in [5, 5.41) is 0. The van der Waals surface area contributed by atoms with Gasteiger partial charge in [-0.3, -0.25) is 4.79 Å². The minimum atomic E-state index is -0.475. The summed E-state index contributed by atoms with van der Waals surface area (Å²) >= 11 is 0. The fraction of sp³-hybridized carbons (Fsp3) is 0.385. The smallest absolute Gasteiger partial charge is 0.340 e. The van der Waals surface area contributed by atoms with E-state index >= 15 is 0 Å². The van der Waals surface area contributed by atoms with Gasteiger partial charge in [-0.15, -0.1) is 0 Å². The molecule has 0 heterocycles. The van der Waals surface area contributed by atoms with Gasteiger partial charge >= 0.3 is 5.97 Å². The lowest BCUT2D eigenvalue weighted by atomic mass is 10.1. The van der Waals surface area contributed by atoms with E-state index in [-0.39, 0.29) is 13.2 Å². The first-order chi connectivity index (χ1) is 9.01. The maximum absolute atomic E-state index is 11.7. The van der Waals surface area contributed by atoms with Gasteiger partial charge in [0.2, 0.25) is 5.91 Å². The number of nitrogen functional groups attached to an aromatic ring is 1. The average Bonchev–Trinajstić information content (AvgIpc) is 2.36. The van der Waals surface area contributed by atoms with Crippen LogP contribution >= 0.6 is 0 Å². The van der Waals surface area contributed by atoms with Gasteiger partial charge in [-0.05, 0) is 26.0 Å². The molecule has 4 N–H and O–H groups in total. The van der Waals surface area contributed by atoms with E-state index in [1.807, 2.05) is 6.92 Å². The number of nitrogens with two attached hydrogens (primary N) is 2. The zero-order valence-corrected chi connectivity index (χ0v) is 11.2. The van der Waals surface area contributed by atoms with Crippen LogP contribution in [0.4, 0.5) is 11.4 Å². The number of esters is 1. The first-order valence-corrected chi connectivity index (χ1v) is 6.10. The van der Waals surface area contributed by atoms with Gasteiger partial charge < -0.3 is 21.1 Å². The number of ether oxygens (including phenoxy) is 1. The first kappa shape index (κ1) is 14.8. The van der Waals surface area contributed by atoms with Crippen molar-refractivity contribution in [1.29, 1.82) is 0 Å². The van der Waals surface area contributed by atoms with E-state index in [0.29, 0.717) is 23.5 Å². The second-order valence-corrected chi connectivity index (χ2v) is 3.94. The minimum absolute atomic E-state index is 0.0486. The monoisotopic (exact) mass is 265 g/mol. The molecule has 0 aromatic heterocycles. The van der Waals surface area contributed by atoms with Gasteiger partial charge in [-0.25, -0.2) is 4.79 Å². The molecule has 0 spiro atoms. The number of carbonyl (C=O) groups excluding carboxylic acids is 2. The summed E-state index contributed by atoms with van der Waals surface area (Å²) in [5.74, 6) is -0.931. The zero-order valence-electron chi connectivity index (χ0n) is 11.2. The Morgan fingerprint density at radius 2 is 2.00 bits per heavy atom. The maximum atomic E-state index is 11.7.